The van der Waals surface area contributed by atoms with Crippen molar-refractivity contribution in [1.82, 2.24) is 0 Å². The Morgan fingerprint density at radius 1 is 1.22 bits per heavy atom. The molecule has 0 saturated heterocycles. The predicted molar refractivity (Wildman–Crippen MR) is 95.0 cm³/mol. The number of aliphatic hydroxyl groups is 2. The van der Waals surface area contributed by atoms with Crippen molar-refractivity contribution in [2.75, 3.05) is 0 Å². The highest BCUT2D eigenvalue weighted by atomic mass is 16.3. The number of fused-ring (bicyclic) bond motifs is 1. The van der Waals surface area contributed by atoms with Gasteiger partial charge in [0.25, 0.3) is 0 Å². The van der Waals surface area contributed by atoms with Crippen molar-refractivity contribution in [2.24, 2.45) is 23.7 Å². The van der Waals surface area contributed by atoms with Crippen molar-refractivity contribution in [2.45, 2.75) is 83.3 Å². The van der Waals surface area contributed by atoms with E-state index in [-0.39, 0.29) is 18.1 Å². The molecule has 0 radical (unpaired) electrons. The second kappa shape index (κ2) is 7.98. The lowest BCUT2D eigenvalue weighted by Gasteiger charge is -2.19. The van der Waals surface area contributed by atoms with E-state index in [0.29, 0.717) is 17.8 Å². The van der Waals surface area contributed by atoms with Gasteiger partial charge in [0.15, 0.2) is 0 Å². The highest BCUT2D eigenvalue weighted by Gasteiger charge is 2.45. The van der Waals surface area contributed by atoms with Gasteiger partial charge in [0.1, 0.15) is 0 Å². The second-order valence-corrected chi connectivity index (χ2v) is 8.14. The molecule has 0 aromatic carbocycles. The van der Waals surface area contributed by atoms with Gasteiger partial charge >= 0.3 is 0 Å². The molecule has 3 aliphatic rings. The van der Waals surface area contributed by atoms with E-state index in [1.807, 2.05) is 6.08 Å². The summed E-state index contributed by atoms with van der Waals surface area (Å²) < 4.78 is 0. The second-order valence-electron chi connectivity index (χ2n) is 8.14. The van der Waals surface area contributed by atoms with Gasteiger partial charge in [0.05, 0.1) is 12.2 Å². The van der Waals surface area contributed by atoms with Crippen LogP contribution in [0.2, 0.25) is 0 Å². The largest absolute Gasteiger partial charge is 0.392 e. The molecular formula is C21H34O2. The van der Waals surface area contributed by atoms with E-state index in [0.717, 1.165) is 19.3 Å². The summed E-state index contributed by atoms with van der Waals surface area (Å²) in [6.45, 7) is 2.24. The van der Waals surface area contributed by atoms with Gasteiger partial charge in [-0.15, -0.1) is 0 Å². The summed E-state index contributed by atoms with van der Waals surface area (Å²) in [4.78, 5) is 0. The van der Waals surface area contributed by atoms with Crippen LogP contribution >= 0.6 is 0 Å². The van der Waals surface area contributed by atoms with E-state index < -0.39 is 0 Å². The minimum Gasteiger partial charge on any atom is -0.392 e. The average Bonchev–Trinajstić information content (AvgIpc) is 3.22. The number of allylic oxidation sites excluding steroid dienone is 2. The van der Waals surface area contributed by atoms with Crippen LogP contribution in [-0.4, -0.2) is 22.4 Å². The molecule has 0 spiro atoms. The van der Waals surface area contributed by atoms with Gasteiger partial charge in [0, 0.05) is 5.92 Å². The van der Waals surface area contributed by atoms with Crippen LogP contribution in [-0.2, 0) is 0 Å². The van der Waals surface area contributed by atoms with Crippen LogP contribution < -0.4 is 0 Å². The van der Waals surface area contributed by atoms with Gasteiger partial charge < -0.3 is 10.2 Å². The van der Waals surface area contributed by atoms with Crippen molar-refractivity contribution in [3.05, 3.63) is 23.8 Å². The first-order chi connectivity index (χ1) is 11.2. The van der Waals surface area contributed by atoms with Crippen LogP contribution in [0.1, 0.15) is 71.1 Å². The third kappa shape index (κ3) is 4.09. The topological polar surface area (TPSA) is 40.5 Å². The fourth-order valence-electron chi connectivity index (χ4n) is 5.15. The van der Waals surface area contributed by atoms with Gasteiger partial charge in [-0.05, 0) is 56.3 Å². The number of aliphatic hydroxyl groups excluding tert-OH is 2. The highest BCUT2D eigenvalue weighted by Crippen LogP contribution is 2.50. The van der Waals surface area contributed by atoms with Gasteiger partial charge in [-0.2, -0.15) is 0 Å². The molecule has 0 heterocycles. The maximum Gasteiger partial charge on any atom is 0.0749 e. The van der Waals surface area contributed by atoms with Crippen LogP contribution in [0, 0.1) is 23.7 Å². The summed E-state index contributed by atoms with van der Waals surface area (Å²) in [6.07, 6.45) is 18.1. The van der Waals surface area contributed by atoms with E-state index in [2.05, 4.69) is 19.1 Å². The zero-order valence-electron chi connectivity index (χ0n) is 14.7. The van der Waals surface area contributed by atoms with E-state index >= 15 is 0 Å². The Morgan fingerprint density at radius 2 is 2.00 bits per heavy atom. The Morgan fingerprint density at radius 3 is 2.74 bits per heavy atom. The zero-order valence-corrected chi connectivity index (χ0v) is 14.7. The smallest absolute Gasteiger partial charge is 0.0749 e. The molecule has 5 atom stereocenters. The van der Waals surface area contributed by atoms with Crippen molar-refractivity contribution < 1.29 is 10.2 Å². The van der Waals surface area contributed by atoms with Crippen molar-refractivity contribution in [3.8, 4) is 0 Å². The highest BCUT2D eigenvalue weighted by molar-refractivity contribution is 5.18. The van der Waals surface area contributed by atoms with E-state index in [1.54, 1.807) is 5.57 Å². The van der Waals surface area contributed by atoms with Crippen molar-refractivity contribution in [3.63, 3.8) is 0 Å². The zero-order chi connectivity index (χ0) is 16.2. The molecule has 0 bridgehead atoms. The minimum atomic E-state index is -0.301. The Hall–Kier alpha value is -0.600. The van der Waals surface area contributed by atoms with E-state index in [4.69, 9.17) is 0 Å². The lowest BCUT2D eigenvalue weighted by molar-refractivity contribution is 0.135. The number of rotatable bonds is 6. The first-order valence-corrected chi connectivity index (χ1v) is 9.91. The molecule has 3 saturated carbocycles. The van der Waals surface area contributed by atoms with E-state index in [9.17, 15) is 10.2 Å². The first-order valence-electron chi connectivity index (χ1n) is 9.91. The maximum atomic E-state index is 10.4. The van der Waals surface area contributed by atoms with Gasteiger partial charge in [-0.3, -0.25) is 0 Å². The van der Waals surface area contributed by atoms with Crippen LogP contribution in [0.15, 0.2) is 23.8 Å². The number of hydrogen-bond donors (Lipinski definition) is 2. The quantitative estimate of drug-likeness (QED) is 0.554. The van der Waals surface area contributed by atoms with Crippen molar-refractivity contribution >= 4 is 0 Å². The minimum absolute atomic E-state index is 0.200. The molecule has 0 unspecified atom stereocenters. The molecule has 130 valence electrons. The molecule has 3 aliphatic carbocycles. The van der Waals surface area contributed by atoms with Crippen LogP contribution in [0.3, 0.4) is 0 Å². The fourth-order valence-corrected chi connectivity index (χ4v) is 5.15. The molecule has 0 amide bonds. The predicted octanol–water partition coefficient (Wildman–Crippen LogP) is 4.62. The summed E-state index contributed by atoms with van der Waals surface area (Å²) in [6, 6.07) is 0. The summed E-state index contributed by atoms with van der Waals surface area (Å²) >= 11 is 0. The Kier molecular flexibility index (Phi) is 5.98. The number of unbranched alkanes of at least 4 members (excludes halogenated alkanes) is 2. The molecule has 3 rings (SSSR count). The Balaban J connectivity index is 1.57. The summed E-state index contributed by atoms with van der Waals surface area (Å²) in [5.74, 6) is 1.97. The third-order valence-corrected chi connectivity index (χ3v) is 6.51. The molecule has 2 heteroatoms. The number of hydrogen-bond acceptors (Lipinski definition) is 2. The van der Waals surface area contributed by atoms with Gasteiger partial charge in [-0.1, -0.05) is 56.4 Å². The molecular weight excluding hydrogens is 284 g/mol. The van der Waals surface area contributed by atoms with E-state index in [1.165, 1.54) is 44.9 Å². The monoisotopic (exact) mass is 318 g/mol. The van der Waals surface area contributed by atoms with Crippen LogP contribution in [0.4, 0.5) is 0 Å². The maximum absolute atomic E-state index is 10.4. The fraction of sp³-hybridized carbons (Fsp3) is 0.810. The summed E-state index contributed by atoms with van der Waals surface area (Å²) in [5, 5.41) is 20.8. The lowest BCUT2D eigenvalue weighted by Crippen LogP contribution is -2.19. The molecule has 3 fully saturated rings. The standard InChI is InChI=1S/C21H34O2/c1-2-3-4-7-15-12-17-14-21(23)18(19(17)13-15)10-11-20(22)16-8-5-6-9-16/h7,10-11,16-23H,2-6,8-9,12-14H2,1H3/t17-,18+,19-,20+,21+/m0/s1. The lowest BCUT2D eigenvalue weighted by atomic mass is 9.89. The third-order valence-electron chi connectivity index (χ3n) is 6.51. The van der Waals surface area contributed by atoms with Crippen LogP contribution in [0.25, 0.3) is 0 Å². The van der Waals surface area contributed by atoms with Gasteiger partial charge in [-0.25, -0.2) is 0 Å². The molecule has 0 aromatic heterocycles. The molecule has 23 heavy (non-hydrogen) atoms. The summed E-state index contributed by atoms with van der Waals surface area (Å²) in [7, 11) is 0. The molecule has 2 N–H and O–H groups in total. The van der Waals surface area contributed by atoms with Crippen LogP contribution in [0.5, 0.6) is 0 Å². The Labute approximate surface area is 141 Å². The molecule has 0 aliphatic heterocycles. The normalized spacial score (nSPS) is 38.0. The van der Waals surface area contributed by atoms with Crippen molar-refractivity contribution in [1.29, 1.82) is 0 Å². The SMILES string of the molecule is CCCCC=C1C[C@H]2C[C@@H](O)[C@H](C=C[C@@H](O)C3CCCC3)[C@H]2C1. The summed E-state index contributed by atoms with van der Waals surface area (Å²) in [5.41, 5.74) is 1.62. The average molecular weight is 319 g/mol. The Bertz CT molecular complexity index is 433. The van der Waals surface area contributed by atoms with Gasteiger partial charge in [0.2, 0.25) is 0 Å². The molecule has 2 nitrogen and oxygen atoms in total. The molecule has 0 aromatic rings. The first kappa shape index (κ1) is 17.2.